The number of esters is 2. The van der Waals surface area contributed by atoms with Gasteiger partial charge in [-0.25, -0.2) is 9.59 Å². The molecule has 0 saturated heterocycles. The van der Waals surface area contributed by atoms with Crippen LogP contribution in [0.5, 0.6) is 0 Å². The van der Waals surface area contributed by atoms with Crippen molar-refractivity contribution in [3.63, 3.8) is 0 Å². The van der Waals surface area contributed by atoms with E-state index in [4.69, 9.17) is 9.47 Å². The van der Waals surface area contributed by atoms with Gasteiger partial charge in [-0.3, -0.25) is 19.6 Å². The van der Waals surface area contributed by atoms with Crippen LogP contribution in [0, 0.1) is 17.0 Å². The van der Waals surface area contributed by atoms with Crippen molar-refractivity contribution in [2.75, 3.05) is 19.0 Å². The Labute approximate surface area is 163 Å². The lowest BCUT2D eigenvalue weighted by Gasteiger charge is -2.07. The second-order valence-corrected chi connectivity index (χ2v) is 6.40. The van der Waals surface area contributed by atoms with Crippen LogP contribution in [0.1, 0.15) is 49.9 Å². The molecular formula is C16H18N4O7S. The SMILES string of the molecule is CCOC(=O)c1sc(NC(=O)c2c([N+](=O)[O-])cnn2CC)c(C(=O)OC)c1C. The van der Waals surface area contributed by atoms with Crippen LogP contribution in [0.4, 0.5) is 10.7 Å². The summed E-state index contributed by atoms with van der Waals surface area (Å²) in [5.74, 6) is -2.26. The first-order valence-electron chi connectivity index (χ1n) is 8.17. The highest BCUT2D eigenvalue weighted by Crippen LogP contribution is 2.35. The van der Waals surface area contributed by atoms with Gasteiger partial charge in [0.2, 0.25) is 5.69 Å². The van der Waals surface area contributed by atoms with Gasteiger partial charge >= 0.3 is 17.6 Å². The molecule has 0 saturated carbocycles. The number of hydrogen-bond acceptors (Lipinski definition) is 9. The largest absolute Gasteiger partial charge is 0.465 e. The van der Waals surface area contributed by atoms with E-state index in [1.54, 1.807) is 13.8 Å². The van der Waals surface area contributed by atoms with Gasteiger partial charge in [0.15, 0.2) is 0 Å². The minimum atomic E-state index is -0.840. The van der Waals surface area contributed by atoms with Crippen molar-refractivity contribution in [2.24, 2.45) is 0 Å². The molecule has 0 unspecified atom stereocenters. The van der Waals surface area contributed by atoms with Gasteiger partial charge in [0, 0.05) is 6.54 Å². The molecule has 0 fully saturated rings. The second-order valence-electron chi connectivity index (χ2n) is 5.38. The Morgan fingerprint density at radius 1 is 1.32 bits per heavy atom. The summed E-state index contributed by atoms with van der Waals surface area (Å²) in [4.78, 5) is 47.6. The van der Waals surface area contributed by atoms with Crippen LogP contribution < -0.4 is 5.32 Å². The Hall–Kier alpha value is -3.28. The number of ether oxygens (including phenoxy) is 2. The van der Waals surface area contributed by atoms with Gasteiger partial charge in [0.1, 0.15) is 16.1 Å². The predicted molar refractivity (Wildman–Crippen MR) is 98.9 cm³/mol. The van der Waals surface area contributed by atoms with Gasteiger partial charge in [0.05, 0.1) is 24.2 Å². The smallest absolute Gasteiger partial charge is 0.348 e. The monoisotopic (exact) mass is 410 g/mol. The number of carbonyl (C=O) groups is 3. The fraction of sp³-hybridized carbons (Fsp3) is 0.375. The van der Waals surface area contributed by atoms with Gasteiger partial charge in [-0.05, 0) is 26.3 Å². The lowest BCUT2D eigenvalue weighted by molar-refractivity contribution is -0.385. The Bertz CT molecular complexity index is 947. The number of nitrogens with one attached hydrogen (secondary N) is 1. The molecule has 11 nitrogen and oxygen atoms in total. The zero-order valence-electron chi connectivity index (χ0n) is 15.6. The number of thiophene rings is 1. The second kappa shape index (κ2) is 8.61. The summed E-state index contributed by atoms with van der Waals surface area (Å²) in [6, 6.07) is 0. The molecular weight excluding hydrogens is 392 g/mol. The summed E-state index contributed by atoms with van der Waals surface area (Å²) >= 11 is 0.824. The van der Waals surface area contributed by atoms with Crippen LogP contribution in [0.3, 0.4) is 0 Å². The first-order valence-corrected chi connectivity index (χ1v) is 8.98. The first-order chi connectivity index (χ1) is 13.3. The summed E-state index contributed by atoms with van der Waals surface area (Å²) < 4.78 is 10.9. The summed E-state index contributed by atoms with van der Waals surface area (Å²) in [5.41, 5.74) is -0.483. The van der Waals surface area contributed by atoms with Gasteiger partial charge in [0.25, 0.3) is 5.91 Å². The van der Waals surface area contributed by atoms with E-state index in [0.29, 0.717) is 0 Å². The van der Waals surface area contributed by atoms with Gasteiger partial charge in [-0.2, -0.15) is 5.10 Å². The predicted octanol–water partition coefficient (Wildman–Crippen LogP) is 2.40. The number of anilines is 1. The number of aromatic nitrogens is 2. The molecule has 0 aliphatic rings. The number of aryl methyl sites for hydroxylation is 1. The third-order valence-electron chi connectivity index (χ3n) is 3.76. The molecule has 2 rings (SSSR count). The number of amides is 1. The maximum atomic E-state index is 12.7. The molecule has 0 radical (unpaired) electrons. The van der Waals surface area contributed by atoms with Crippen molar-refractivity contribution in [1.82, 2.24) is 9.78 Å². The maximum absolute atomic E-state index is 12.7. The summed E-state index contributed by atoms with van der Waals surface area (Å²) in [6.07, 6.45) is 0.976. The lowest BCUT2D eigenvalue weighted by Crippen LogP contribution is -2.19. The molecule has 0 atom stereocenters. The van der Waals surface area contributed by atoms with Gasteiger partial charge in [-0.15, -0.1) is 11.3 Å². The summed E-state index contributed by atoms with van der Waals surface area (Å²) in [6.45, 7) is 5.17. The van der Waals surface area contributed by atoms with E-state index in [1.165, 1.54) is 6.92 Å². The van der Waals surface area contributed by atoms with Crippen molar-refractivity contribution in [2.45, 2.75) is 27.3 Å². The average molecular weight is 410 g/mol. The van der Waals surface area contributed by atoms with Crippen molar-refractivity contribution in [1.29, 1.82) is 0 Å². The van der Waals surface area contributed by atoms with Crippen LogP contribution in [-0.2, 0) is 16.0 Å². The Kier molecular flexibility index (Phi) is 6.46. The molecule has 12 heteroatoms. The van der Waals surface area contributed by atoms with Crippen molar-refractivity contribution in [3.05, 3.63) is 38.0 Å². The van der Waals surface area contributed by atoms with E-state index >= 15 is 0 Å². The molecule has 150 valence electrons. The number of methoxy groups -OCH3 is 1. The zero-order valence-corrected chi connectivity index (χ0v) is 16.4. The maximum Gasteiger partial charge on any atom is 0.348 e. The molecule has 0 aliphatic heterocycles. The van der Waals surface area contributed by atoms with Crippen LogP contribution >= 0.6 is 11.3 Å². The van der Waals surface area contributed by atoms with E-state index in [9.17, 15) is 24.5 Å². The fourth-order valence-corrected chi connectivity index (χ4v) is 3.57. The highest BCUT2D eigenvalue weighted by Gasteiger charge is 2.31. The lowest BCUT2D eigenvalue weighted by atomic mass is 10.1. The topological polar surface area (TPSA) is 143 Å². The van der Waals surface area contributed by atoms with Crippen LogP contribution in [-0.4, -0.2) is 46.3 Å². The van der Waals surface area contributed by atoms with Crippen LogP contribution in [0.2, 0.25) is 0 Å². The van der Waals surface area contributed by atoms with E-state index in [2.05, 4.69) is 10.4 Å². The number of carbonyl (C=O) groups excluding carboxylic acids is 3. The molecule has 0 aliphatic carbocycles. The highest BCUT2D eigenvalue weighted by molar-refractivity contribution is 7.18. The normalized spacial score (nSPS) is 10.4. The van der Waals surface area contributed by atoms with E-state index in [1.807, 2.05) is 0 Å². The minimum absolute atomic E-state index is 0.0193. The summed E-state index contributed by atoms with van der Waals surface area (Å²) in [7, 11) is 1.16. The van der Waals surface area contributed by atoms with Crippen LogP contribution in [0.25, 0.3) is 0 Å². The average Bonchev–Trinajstić information content (AvgIpc) is 3.22. The molecule has 0 bridgehead atoms. The quantitative estimate of drug-likeness (QED) is 0.416. The molecule has 28 heavy (non-hydrogen) atoms. The number of nitrogens with zero attached hydrogens (tertiary/aromatic N) is 3. The minimum Gasteiger partial charge on any atom is -0.465 e. The third-order valence-corrected chi connectivity index (χ3v) is 4.94. The fourth-order valence-electron chi connectivity index (χ4n) is 2.49. The molecule has 2 aromatic heterocycles. The first kappa shape index (κ1) is 21.0. The van der Waals surface area contributed by atoms with E-state index in [-0.39, 0.29) is 39.9 Å². The molecule has 2 aromatic rings. The molecule has 0 aromatic carbocycles. The van der Waals surface area contributed by atoms with Gasteiger partial charge < -0.3 is 14.8 Å². The molecule has 1 N–H and O–H groups in total. The Morgan fingerprint density at radius 3 is 2.54 bits per heavy atom. The Balaban J connectivity index is 2.51. The Morgan fingerprint density at radius 2 is 2.00 bits per heavy atom. The molecule has 2 heterocycles. The molecule has 0 spiro atoms. The number of rotatable bonds is 7. The third kappa shape index (κ3) is 3.86. The van der Waals surface area contributed by atoms with E-state index < -0.39 is 28.5 Å². The van der Waals surface area contributed by atoms with Crippen molar-refractivity contribution < 1.29 is 28.8 Å². The summed E-state index contributed by atoms with van der Waals surface area (Å²) in [5, 5.41) is 17.5. The highest BCUT2D eigenvalue weighted by atomic mass is 32.1. The van der Waals surface area contributed by atoms with Crippen molar-refractivity contribution in [3.8, 4) is 0 Å². The van der Waals surface area contributed by atoms with Crippen molar-refractivity contribution >= 4 is 39.9 Å². The van der Waals surface area contributed by atoms with Gasteiger partial charge in [-0.1, -0.05) is 0 Å². The number of hydrogen-bond donors (Lipinski definition) is 1. The van der Waals surface area contributed by atoms with Crippen LogP contribution in [0.15, 0.2) is 6.20 Å². The number of nitro groups is 1. The standard InChI is InChI=1S/C16H18N4O7S/c1-5-19-11(9(7-17-19)20(24)25)13(21)18-14-10(15(22)26-4)8(3)12(28-14)16(23)27-6-2/h7H,5-6H2,1-4H3,(H,18,21). The molecule has 1 amide bonds. The zero-order chi connectivity index (χ0) is 21.0. The van der Waals surface area contributed by atoms with E-state index in [0.717, 1.165) is 29.3 Å².